The Balaban J connectivity index is 0.923. The summed E-state index contributed by atoms with van der Waals surface area (Å²) in [5, 5.41) is 0. The van der Waals surface area contributed by atoms with Crippen LogP contribution < -0.4 is 51.7 Å². The highest BCUT2D eigenvalue weighted by atomic mass is 32.2. The van der Waals surface area contributed by atoms with Crippen LogP contribution in [0.3, 0.4) is 0 Å². The fraction of sp³-hybridized carbons (Fsp3) is 0.0357. The molecule has 13 rings (SSSR count). The summed E-state index contributed by atoms with van der Waals surface area (Å²) in [5.41, 5.74) is 14.1. The van der Waals surface area contributed by atoms with E-state index < -0.39 is 0 Å². The van der Waals surface area contributed by atoms with Crippen LogP contribution in [-0.2, 0) is 0 Å². The third-order valence-corrected chi connectivity index (χ3v) is 15.0. The molecule has 0 amide bonds. The van der Waals surface area contributed by atoms with E-state index in [1.807, 2.05) is 24.3 Å². The Morgan fingerprint density at radius 3 is 1.27 bits per heavy atom. The minimum absolute atomic E-state index is 0.0167. The highest BCUT2D eigenvalue weighted by Crippen LogP contribution is 2.45. The molecule has 0 saturated carbocycles. The van der Waals surface area contributed by atoms with Crippen LogP contribution in [-0.4, -0.2) is 13.4 Å². The van der Waals surface area contributed by atoms with Crippen LogP contribution in [0.25, 0.3) is 22.3 Å². The van der Waals surface area contributed by atoms with Gasteiger partial charge in [0, 0.05) is 31.7 Å². The average molecular weight is 859 g/mol. The Bertz CT molecular complexity index is 3170. The van der Waals surface area contributed by atoms with Crippen molar-refractivity contribution in [1.29, 1.82) is 0 Å². The Morgan fingerprint density at radius 2 is 0.797 bits per heavy atom. The van der Waals surface area contributed by atoms with E-state index in [4.69, 9.17) is 18.9 Å². The average Bonchev–Trinajstić information content (AvgIpc) is 3.31. The van der Waals surface area contributed by atoms with Crippen LogP contribution >= 0.6 is 23.5 Å². The molecule has 4 nitrogen and oxygen atoms in total. The number of ether oxygens (including phenoxy) is 4. The third-order valence-electron chi connectivity index (χ3n) is 12.7. The second-order valence-corrected chi connectivity index (χ2v) is 19.1. The lowest BCUT2D eigenvalue weighted by atomic mass is 9.32. The standard InChI is InChI=1S/C56H36B2O4S2/c1-33-19-21-43-47(23-33)61-49-27-41(59-39-17-9-15-37(25-39)35-11-5-3-6-12-35)29-53-55(49)57(43)45-31-46-52(32-51(45)63-53)64-54-30-42(60-40-18-10-16-38(26-40)36-13-7-4-8-14-36)28-50-56(54)58(46)44-22-20-34(2)24-48(44)62-50/h3-32H,1-2H3. The van der Waals surface area contributed by atoms with Crippen molar-refractivity contribution >= 4 is 69.7 Å². The Labute approximate surface area is 381 Å². The fourth-order valence-corrected chi connectivity index (χ4v) is 12.3. The molecule has 8 heteroatoms. The van der Waals surface area contributed by atoms with Crippen molar-refractivity contribution in [2.24, 2.45) is 0 Å². The second-order valence-electron chi connectivity index (χ2n) is 16.9. The van der Waals surface area contributed by atoms with E-state index >= 15 is 0 Å². The molecule has 4 heterocycles. The van der Waals surface area contributed by atoms with Crippen LogP contribution in [0.4, 0.5) is 0 Å². The van der Waals surface area contributed by atoms with Crippen LogP contribution in [0.1, 0.15) is 11.1 Å². The van der Waals surface area contributed by atoms with Crippen LogP contribution in [0.15, 0.2) is 202 Å². The number of aryl methyl sites for hydroxylation is 2. The molecule has 0 aromatic heterocycles. The summed E-state index contributed by atoms with van der Waals surface area (Å²) in [7, 11) is 0. The van der Waals surface area contributed by atoms with E-state index in [0.29, 0.717) is 0 Å². The molecule has 0 fully saturated rings. The van der Waals surface area contributed by atoms with Crippen molar-refractivity contribution in [3.8, 4) is 68.2 Å². The Morgan fingerprint density at radius 1 is 0.344 bits per heavy atom. The van der Waals surface area contributed by atoms with Gasteiger partial charge in [0.2, 0.25) is 0 Å². The van der Waals surface area contributed by atoms with Crippen LogP contribution in [0, 0.1) is 13.8 Å². The van der Waals surface area contributed by atoms with Gasteiger partial charge < -0.3 is 18.9 Å². The topological polar surface area (TPSA) is 36.9 Å². The SMILES string of the molecule is Cc1ccc2c(c1)Oc1cc(Oc3cccc(-c4ccccc4)c3)cc3c1B2c1cc2c(cc1S3)Sc1cc(Oc3cccc(-c4ccccc4)c3)cc3c1B2c1ccc(C)cc1O3. The van der Waals surface area contributed by atoms with Gasteiger partial charge in [-0.2, -0.15) is 0 Å². The molecule has 0 N–H and O–H groups in total. The molecular weight excluding hydrogens is 822 g/mol. The monoisotopic (exact) mass is 858 g/mol. The molecule has 0 spiro atoms. The van der Waals surface area contributed by atoms with E-state index in [2.05, 4.69) is 172 Å². The maximum Gasteiger partial charge on any atom is 0.253 e. The molecule has 0 aliphatic carbocycles. The van der Waals surface area contributed by atoms with Gasteiger partial charge in [-0.15, -0.1) is 0 Å². The third kappa shape index (κ3) is 6.35. The lowest BCUT2D eigenvalue weighted by Crippen LogP contribution is -2.62. The van der Waals surface area contributed by atoms with Crippen molar-refractivity contribution in [2.45, 2.75) is 33.4 Å². The smallest absolute Gasteiger partial charge is 0.253 e. The maximum absolute atomic E-state index is 6.83. The van der Waals surface area contributed by atoms with E-state index in [1.54, 1.807) is 23.5 Å². The zero-order chi connectivity index (χ0) is 42.5. The zero-order valence-corrected chi connectivity index (χ0v) is 36.6. The predicted octanol–water partition coefficient (Wildman–Crippen LogP) is 11.4. The van der Waals surface area contributed by atoms with Gasteiger partial charge >= 0.3 is 0 Å². The predicted molar refractivity (Wildman–Crippen MR) is 263 cm³/mol. The first-order valence-corrected chi connectivity index (χ1v) is 23.2. The summed E-state index contributed by atoms with van der Waals surface area (Å²) in [6, 6.07) is 64.1. The highest BCUT2D eigenvalue weighted by Gasteiger charge is 2.44. The summed E-state index contributed by atoms with van der Waals surface area (Å²) in [6.45, 7) is 4.22. The fourth-order valence-electron chi connectivity index (χ4n) is 9.78. The number of benzene rings is 9. The zero-order valence-electron chi connectivity index (χ0n) is 34.9. The van der Waals surface area contributed by atoms with Gasteiger partial charge in [0.15, 0.2) is 0 Å². The molecule has 64 heavy (non-hydrogen) atoms. The quantitative estimate of drug-likeness (QED) is 0.155. The number of rotatable bonds is 6. The molecule has 0 atom stereocenters. The molecule has 0 unspecified atom stereocenters. The number of hydrogen-bond acceptors (Lipinski definition) is 6. The molecular formula is C56H36B2O4S2. The van der Waals surface area contributed by atoms with Crippen molar-refractivity contribution in [2.75, 3.05) is 0 Å². The molecule has 4 aliphatic rings. The normalized spacial score (nSPS) is 13.2. The lowest BCUT2D eigenvalue weighted by molar-refractivity contribution is 0.460. The van der Waals surface area contributed by atoms with E-state index in [9.17, 15) is 0 Å². The minimum Gasteiger partial charge on any atom is -0.458 e. The minimum atomic E-state index is -0.0167. The van der Waals surface area contributed by atoms with Crippen molar-refractivity contribution in [3.63, 3.8) is 0 Å². The van der Waals surface area contributed by atoms with Crippen LogP contribution in [0.5, 0.6) is 46.0 Å². The molecule has 0 saturated heterocycles. The molecule has 302 valence electrons. The van der Waals surface area contributed by atoms with E-state index in [-0.39, 0.29) is 13.4 Å². The lowest BCUT2D eigenvalue weighted by Gasteiger charge is -2.37. The second kappa shape index (κ2) is 14.8. The molecule has 0 radical (unpaired) electrons. The molecule has 4 aliphatic heterocycles. The Kier molecular flexibility index (Phi) is 8.69. The Hall–Kier alpha value is -6.99. The van der Waals surface area contributed by atoms with Crippen molar-refractivity contribution in [1.82, 2.24) is 0 Å². The summed E-state index contributed by atoms with van der Waals surface area (Å²) in [5.74, 6) is 6.49. The van der Waals surface area contributed by atoms with E-state index in [1.165, 1.54) is 42.6 Å². The van der Waals surface area contributed by atoms with Crippen LogP contribution in [0.2, 0.25) is 0 Å². The number of hydrogen-bond donors (Lipinski definition) is 0. The van der Waals surface area contributed by atoms with Gasteiger partial charge in [-0.25, -0.2) is 0 Å². The highest BCUT2D eigenvalue weighted by molar-refractivity contribution is 8.01. The van der Waals surface area contributed by atoms with Gasteiger partial charge in [-0.3, -0.25) is 0 Å². The van der Waals surface area contributed by atoms with Gasteiger partial charge in [-0.05, 0) is 124 Å². The summed E-state index contributed by atoms with van der Waals surface area (Å²) in [6.07, 6.45) is 0. The molecule has 9 aromatic carbocycles. The van der Waals surface area contributed by atoms with Crippen molar-refractivity contribution < 1.29 is 18.9 Å². The van der Waals surface area contributed by atoms with Gasteiger partial charge in [0.1, 0.15) is 46.0 Å². The molecule has 9 aromatic rings. The largest absolute Gasteiger partial charge is 0.458 e. The maximum atomic E-state index is 6.83. The van der Waals surface area contributed by atoms with E-state index in [0.717, 1.165) is 89.2 Å². The molecule has 0 bridgehead atoms. The first-order valence-electron chi connectivity index (χ1n) is 21.6. The van der Waals surface area contributed by atoms with Gasteiger partial charge in [0.25, 0.3) is 13.4 Å². The first-order chi connectivity index (χ1) is 31.5. The van der Waals surface area contributed by atoms with Gasteiger partial charge in [-0.1, -0.05) is 150 Å². The first kappa shape index (κ1) is 37.6. The summed E-state index contributed by atoms with van der Waals surface area (Å²) >= 11 is 3.60. The van der Waals surface area contributed by atoms with Gasteiger partial charge in [0.05, 0.1) is 0 Å². The number of fused-ring (bicyclic) bond motifs is 8. The summed E-state index contributed by atoms with van der Waals surface area (Å²) < 4.78 is 27.0. The summed E-state index contributed by atoms with van der Waals surface area (Å²) in [4.78, 5) is 4.74. The van der Waals surface area contributed by atoms with Crippen molar-refractivity contribution in [3.05, 3.63) is 193 Å².